The van der Waals surface area contributed by atoms with E-state index in [1.54, 1.807) is 7.11 Å². The molecule has 0 radical (unpaired) electrons. The van der Waals surface area contributed by atoms with Gasteiger partial charge >= 0.3 is 0 Å². The maximum atomic E-state index is 10.9. The van der Waals surface area contributed by atoms with Crippen molar-refractivity contribution in [1.29, 1.82) is 0 Å². The number of benzene rings is 1. The lowest BCUT2D eigenvalue weighted by Gasteiger charge is -2.16. The quantitative estimate of drug-likeness (QED) is 0.596. The summed E-state index contributed by atoms with van der Waals surface area (Å²) in [6, 6.07) is 5.61. The van der Waals surface area contributed by atoms with Crippen LogP contribution in [0.25, 0.3) is 0 Å². The van der Waals surface area contributed by atoms with Crippen molar-refractivity contribution in [2.75, 3.05) is 33.0 Å². The molecule has 6 nitrogen and oxygen atoms in total. The summed E-state index contributed by atoms with van der Waals surface area (Å²) in [5.41, 5.74) is 1.76. The number of methoxy groups -OCH3 is 1. The van der Waals surface area contributed by atoms with Crippen LogP contribution in [0.1, 0.15) is 17.2 Å². The first-order valence-corrected chi connectivity index (χ1v) is 8.20. The Hall–Kier alpha value is -1.15. The fraction of sp³-hybridized carbons (Fsp3) is 0.538. The molecule has 1 atom stereocenters. The Morgan fingerprint density at radius 1 is 1.35 bits per heavy atom. The Morgan fingerprint density at radius 3 is 2.65 bits per heavy atom. The molecular weight excluding hydrogens is 280 g/mol. The zero-order valence-electron chi connectivity index (χ0n) is 12.0. The lowest BCUT2D eigenvalue weighted by atomic mass is 10.1. The third-order valence-electron chi connectivity index (χ3n) is 2.75. The van der Waals surface area contributed by atoms with Gasteiger partial charge in [0, 0.05) is 25.2 Å². The average molecular weight is 302 g/mol. The summed E-state index contributed by atoms with van der Waals surface area (Å²) in [6.45, 7) is 3.00. The van der Waals surface area contributed by atoms with E-state index in [-0.39, 0.29) is 6.54 Å². The van der Waals surface area contributed by atoms with Gasteiger partial charge in [-0.15, -0.1) is 0 Å². The largest absolute Gasteiger partial charge is 0.496 e. The molecule has 0 spiro atoms. The van der Waals surface area contributed by atoms with Gasteiger partial charge in [0.1, 0.15) is 5.75 Å². The van der Waals surface area contributed by atoms with Crippen molar-refractivity contribution >= 4 is 10.0 Å². The van der Waals surface area contributed by atoms with E-state index < -0.39 is 16.1 Å². The van der Waals surface area contributed by atoms with Gasteiger partial charge in [0.15, 0.2) is 0 Å². The third kappa shape index (κ3) is 5.87. The van der Waals surface area contributed by atoms with Gasteiger partial charge in [-0.05, 0) is 19.1 Å². The van der Waals surface area contributed by atoms with Crippen molar-refractivity contribution in [2.24, 2.45) is 0 Å². The van der Waals surface area contributed by atoms with E-state index in [0.29, 0.717) is 18.8 Å². The summed E-state index contributed by atoms with van der Waals surface area (Å²) in [6.07, 6.45) is 0.405. The monoisotopic (exact) mass is 302 g/mol. The molecule has 0 aliphatic rings. The normalized spacial score (nSPS) is 13.2. The first-order valence-electron chi connectivity index (χ1n) is 6.31. The fourth-order valence-corrected chi connectivity index (χ4v) is 2.26. The van der Waals surface area contributed by atoms with Gasteiger partial charge in [-0.25, -0.2) is 13.1 Å². The molecule has 0 fully saturated rings. The van der Waals surface area contributed by atoms with E-state index in [1.165, 1.54) is 0 Å². The van der Waals surface area contributed by atoms with Gasteiger partial charge in [0.2, 0.25) is 10.0 Å². The van der Waals surface area contributed by atoms with Gasteiger partial charge < -0.3 is 15.2 Å². The first-order chi connectivity index (χ1) is 9.33. The van der Waals surface area contributed by atoms with Crippen LogP contribution in [-0.2, 0) is 10.0 Å². The lowest BCUT2D eigenvalue weighted by molar-refractivity contribution is 0.171. The Morgan fingerprint density at radius 2 is 2.05 bits per heavy atom. The average Bonchev–Trinajstić information content (AvgIpc) is 2.36. The fourth-order valence-electron chi connectivity index (χ4n) is 1.79. The van der Waals surface area contributed by atoms with Gasteiger partial charge in [0.05, 0.1) is 19.5 Å². The smallest absolute Gasteiger partial charge is 0.208 e. The summed E-state index contributed by atoms with van der Waals surface area (Å²) in [5, 5.41) is 13.1. The predicted molar refractivity (Wildman–Crippen MR) is 78.4 cm³/mol. The van der Waals surface area contributed by atoms with Crippen LogP contribution < -0.4 is 14.8 Å². The van der Waals surface area contributed by atoms with Crippen LogP contribution >= 0.6 is 0 Å². The van der Waals surface area contributed by atoms with Crippen LogP contribution in [0, 0.1) is 6.92 Å². The molecule has 0 aliphatic carbocycles. The number of aliphatic hydroxyl groups excluding tert-OH is 1. The van der Waals surface area contributed by atoms with Crippen molar-refractivity contribution < 1.29 is 18.3 Å². The molecule has 1 rings (SSSR count). The molecular formula is C13H22N2O4S. The number of nitrogens with one attached hydrogen (secondary N) is 2. The summed E-state index contributed by atoms with van der Waals surface area (Å²) < 4.78 is 29.3. The summed E-state index contributed by atoms with van der Waals surface area (Å²) >= 11 is 0. The van der Waals surface area contributed by atoms with Crippen LogP contribution in [0.5, 0.6) is 5.75 Å². The topological polar surface area (TPSA) is 87.7 Å². The van der Waals surface area contributed by atoms with E-state index in [1.807, 2.05) is 25.1 Å². The molecule has 0 aromatic heterocycles. The molecule has 20 heavy (non-hydrogen) atoms. The van der Waals surface area contributed by atoms with Crippen molar-refractivity contribution in [3.63, 3.8) is 0 Å². The molecule has 0 saturated carbocycles. The molecule has 1 unspecified atom stereocenters. The minimum atomic E-state index is -3.17. The molecule has 1 aromatic carbocycles. The Kier molecular flexibility index (Phi) is 6.41. The van der Waals surface area contributed by atoms with Gasteiger partial charge in [-0.2, -0.15) is 0 Å². The van der Waals surface area contributed by atoms with Gasteiger partial charge in [-0.3, -0.25) is 0 Å². The number of aliphatic hydroxyl groups is 1. The van der Waals surface area contributed by atoms with Crippen molar-refractivity contribution in [2.45, 2.75) is 13.0 Å². The van der Waals surface area contributed by atoms with Crippen LogP contribution in [-0.4, -0.2) is 46.5 Å². The van der Waals surface area contributed by atoms with Crippen LogP contribution in [0.15, 0.2) is 18.2 Å². The Bertz CT molecular complexity index is 531. The summed E-state index contributed by atoms with van der Waals surface area (Å²) in [7, 11) is -1.61. The standard InChI is InChI=1S/C13H22N2O4S/c1-10-4-5-13(19-2)11(8-10)12(16)9-14-6-7-15-20(3,17)18/h4-5,8,12,14-16H,6-7,9H2,1-3H3. The number of hydrogen-bond donors (Lipinski definition) is 3. The maximum Gasteiger partial charge on any atom is 0.208 e. The molecule has 0 amide bonds. The second kappa shape index (κ2) is 7.58. The molecule has 0 bridgehead atoms. The summed E-state index contributed by atoms with van der Waals surface area (Å²) in [5.74, 6) is 0.638. The van der Waals surface area contributed by atoms with E-state index in [2.05, 4.69) is 10.0 Å². The number of aryl methyl sites for hydroxylation is 1. The number of rotatable bonds is 8. The zero-order chi connectivity index (χ0) is 15.2. The molecule has 114 valence electrons. The zero-order valence-corrected chi connectivity index (χ0v) is 12.8. The number of ether oxygens (including phenoxy) is 1. The molecule has 0 saturated heterocycles. The second-order valence-corrected chi connectivity index (χ2v) is 6.46. The molecule has 7 heteroatoms. The molecule has 0 heterocycles. The van der Waals surface area contributed by atoms with Crippen LogP contribution in [0.4, 0.5) is 0 Å². The highest BCUT2D eigenvalue weighted by Gasteiger charge is 2.13. The van der Waals surface area contributed by atoms with E-state index in [0.717, 1.165) is 17.4 Å². The van der Waals surface area contributed by atoms with Crippen molar-refractivity contribution in [3.05, 3.63) is 29.3 Å². The maximum absolute atomic E-state index is 10.9. The highest BCUT2D eigenvalue weighted by Crippen LogP contribution is 2.25. The first kappa shape index (κ1) is 16.9. The lowest BCUT2D eigenvalue weighted by Crippen LogP contribution is -2.33. The second-order valence-electron chi connectivity index (χ2n) is 4.63. The summed E-state index contributed by atoms with van der Waals surface area (Å²) in [4.78, 5) is 0. The van der Waals surface area contributed by atoms with E-state index in [4.69, 9.17) is 4.74 Å². The Balaban J connectivity index is 2.47. The van der Waals surface area contributed by atoms with Gasteiger partial charge in [-0.1, -0.05) is 11.6 Å². The third-order valence-corrected chi connectivity index (χ3v) is 3.48. The van der Waals surface area contributed by atoms with Gasteiger partial charge in [0.25, 0.3) is 0 Å². The van der Waals surface area contributed by atoms with Crippen molar-refractivity contribution in [3.8, 4) is 5.75 Å². The molecule has 3 N–H and O–H groups in total. The van der Waals surface area contributed by atoms with Crippen LogP contribution in [0.2, 0.25) is 0 Å². The minimum absolute atomic E-state index is 0.288. The number of sulfonamides is 1. The predicted octanol–water partition coefficient (Wildman–Crippen LogP) is 0.176. The van der Waals surface area contributed by atoms with E-state index in [9.17, 15) is 13.5 Å². The Labute approximate surface area is 120 Å². The highest BCUT2D eigenvalue weighted by molar-refractivity contribution is 7.88. The minimum Gasteiger partial charge on any atom is -0.496 e. The molecule has 1 aromatic rings. The molecule has 0 aliphatic heterocycles. The van der Waals surface area contributed by atoms with Crippen molar-refractivity contribution in [1.82, 2.24) is 10.0 Å². The van der Waals surface area contributed by atoms with E-state index >= 15 is 0 Å². The van der Waals surface area contributed by atoms with Crippen LogP contribution in [0.3, 0.4) is 0 Å². The number of hydrogen-bond acceptors (Lipinski definition) is 5. The SMILES string of the molecule is COc1ccc(C)cc1C(O)CNCCNS(C)(=O)=O. The highest BCUT2D eigenvalue weighted by atomic mass is 32.2.